The minimum Gasteiger partial charge on any atom is -0.480 e. The molecule has 0 aliphatic carbocycles. The number of hydrogen-bond acceptors (Lipinski definition) is 4. The highest BCUT2D eigenvalue weighted by Gasteiger charge is 2.29. The van der Waals surface area contributed by atoms with Gasteiger partial charge in [-0.05, 0) is 20.3 Å². The molecule has 5 N–H and O–H groups in total. The van der Waals surface area contributed by atoms with Crippen LogP contribution in [0.3, 0.4) is 0 Å². The van der Waals surface area contributed by atoms with Crippen molar-refractivity contribution in [2.45, 2.75) is 38.3 Å². The van der Waals surface area contributed by atoms with Gasteiger partial charge in [-0.25, -0.2) is 9.59 Å². The summed E-state index contributed by atoms with van der Waals surface area (Å²) in [7, 11) is 1.44. The molecule has 0 aromatic rings. The second-order valence-electron chi connectivity index (χ2n) is 4.87. The van der Waals surface area contributed by atoms with E-state index in [1.807, 2.05) is 0 Å². The van der Waals surface area contributed by atoms with E-state index in [1.165, 1.54) is 11.9 Å². The van der Waals surface area contributed by atoms with Crippen LogP contribution in [0.5, 0.6) is 0 Å². The van der Waals surface area contributed by atoms with Crippen LogP contribution in [0.15, 0.2) is 0 Å². The predicted molar refractivity (Wildman–Crippen MR) is 67.3 cm³/mol. The molecule has 0 aliphatic heterocycles. The van der Waals surface area contributed by atoms with E-state index in [2.05, 4.69) is 5.32 Å². The van der Waals surface area contributed by atoms with Gasteiger partial charge in [0.1, 0.15) is 6.04 Å². The van der Waals surface area contributed by atoms with Crippen LogP contribution in [0.1, 0.15) is 26.7 Å². The quantitative estimate of drug-likeness (QED) is 0.478. The number of carboxylic acid groups (broad SMARTS) is 1. The third-order valence-corrected chi connectivity index (χ3v) is 2.87. The van der Waals surface area contributed by atoms with Crippen molar-refractivity contribution in [3.05, 3.63) is 0 Å². The summed E-state index contributed by atoms with van der Waals surface area (Å²) in [6.45, 7) is 2.99. The lowest BCUT2D eigenvalue weighted by molar-refractivity contribution is -0.139. The van der Waals surface area contributed by atoms with E-state index >= 15 is 0 Å². The normalized spacial score (nSPS) is 12.6. The SMILES string of the molecule is CN(C(=O)N[C@H](CCC(N)=O)C(=O)O)C(C)(C)CO. The first-order valence-corrected chi connectivity index (χ1v) is 5.78. The van der Waals surface area contributed by atoms with Crippen LogP contribution >= 0.6 is 0 Å². The first kappa shape index (κ1) is 17.2. The van der Waals surface area contributed by atoms with Crippen molar-refractivity contribution >= 4 is 17.9 Å². The molecule has 0 spiro atoms. The highest BCUT2D eigenvalue weighted by Crippen LogP contribution is 2.11. The first-order valence-electron chi connectivity index (χ1n) is 5.78. The van der Waals surface area contributed by atoms with E-state index in [-0.39, 0.29) is 19.4 Å². The average molecular weight is 275 g/mol. The fourth-order valence-electron chi connectivity index (χ4n) is 1.17. The number of aliphatic carboxylic acids is 1. The maximum absolute atomic E-state index is 11.8. The number of carbonyl (C=O) groups is 3. The van der Waals surface area contributed by atoms with Crippen LogP contribution in [0.25, 0.3) is 0 Å². The summed E-state index contributed by atoms with van der Waals surface area (Å²) < 4.78 is 0. The summed E-state index contributed by atoms with van der Waals surface area (Å²) in [5.74, 6) is -1.88. The molecule has 3 amide bonds. The Morgan fingerprint density at radius 2 is 1.89 bits per heavy atom. The smallest absolute Gasteiger partial charge is 0.326 e. The lowest BCUT2D eigenvalue weighted by atomic mass is 10.1. The molecule has 0 saturated carbocycles. The number of urea groups is 1. The third-order valence-electron chi connectivity index (χ3n) is 2.87. The Morgan fingerprint density at radius 1 is 1.37 bits per heavy atom. The average Bonchev–Trinajstić information content (AvgIpc) is 2.32. The minimum absolute atomic E-state index is 0.0796. The highest BCUT2D eigenvalue weighted by molar-refractivity contribution is 5.83. The molecule has 8 nitrogen and oxygen atoms in total. The minimum atomic E-state index is -1.25. The number of nitrogens with one attached hydrogen (secondary N) is 1. The van der Waals surface area contributed by atoms with E-state index in [0.717, 1.165) is 0 Å². The fraction of sp³-hybridized carbons (Fsp3) is 0.727. The molecule has 0 rings (SSSR count). The van der Waals surface area contributed by atoms with E-state index < -0.39 is 29.5 Å². The van der Waals surface area contributed by atoms with E-state index in [9.17, 15) is 14.4 Å². The maximum Gasteiger partial charge on any atom is 0.326 e. The number of primary amides is 1. The topological polar surface area (TPSA) is 133 Å². The zero-order valence-corrected chi connectivity index (χ0v) is 11.3. The number of nitrogens with two attached hydrogens (primary N) is 1. The van der Waals surface area contributed by atoms with E-state index in [1.54, 1.807) is 13.8 Å². The Kier molecular flexibility index (Phi) is 6.26. The number of rotatable bonds is 7. The molecule has 110 valence electrons. The van der Waals surface area contributed by atoms with Crippen molar-refractivity contribution in [2.75, 3.05) is 13.7 Å². The summed E-state index contributed by atoms with van der Waals surface area (Å²) >= 11 is 0. The first-order chi connectivity index (χ1) is 8.61. The molecule has 0 radical (unpaired) electrons. The molecule has 0 aliphatic rings. The number of likely N-dealkylation sites (N-methyl/N-ethyl adjacent to an activating group) is 1. The lowest BCUT2D eigenvalue weighted by Gasteiger charge is -2.34. The standard InChI is InChI=1S/C11H21N3O5/c1-11(2,6-15)14(3)10(19)13-7(9(17)18)4-5-8(12)16/h7,15H,4-6H2,1-3H3,(H2,12,16)(H,13,19)(H,17,18)/t7-/m1/s1. The Hall–Kier alpha value is -1.83. The van der Waals surface area contributed by atoms with Gasteiger partial charge < -0.3 is 26.2 Å². The van der Waals surface area contributed by atoms with Gasteiger partial charge >= 0.3 is 12.0 Å². The monoisotopic (exact) mass is 275 g/mol. The van der Waals surface area contributed by atoms with Crippen molar-refractivity contribution < 1.29 is 24.6 Å². The molecule has 19 heavy (non-hydrogen) atoms. The number of carbonyl (C=O) groups excluding carboxylic acids is 2. The van der Waals surface area contributed by atoms with Crippen molar-refractivity contribution in [3.63, 3.8) is 0 Å². The Balaban J connectivity index is 4.64. The van der Waals surface area contributed by atoms with Crippen molar-refractivity contribution in [1.29, 1.82) is 0 Å². The second-order valence-corrected chi connectivity index (χ2v) is 4.87. The van der Waals surface area contributed by atoms with Gasteiger partial charge in [0.25, 0.3) is 0 Å². The zero-order chi connectivity index (χ0) is 15.2. The summed E-state index contributed by atoms with van der Waals surface area (Å²) in [5.41, 5.74) is 4.11. The largest absolute Gasteiger partial charge is 0.480 e. The van der Waals surface area contributed by atoms with Crippen molar-refractivity contribution in [2.24, 2.45) is 5.73 Å². The number of amides is 3. The van der Waals surface area contributed by atoms with Crippen molar-refractivity contribution in [3.8, 4) is 0 Å². The van der Waals surface area contributed by atoms with E-state index in [0.29, 0.717) is 0 Å². The summed E-state index contributed by atoms with van der Waals surface area (Å²) in [5, 5.41) is 20.4. The number of aliphatic hydroxyl groups excluding tert-OH is 1. The van der Waals surface area contributed by atoms with E-state index in [4.69, 9.17) is 15.9 Å². The lowest BCUT2D eigenvalue weighted by Crippen LogP contribution is -2.55. The summed E-state index contributed by atoms with van der Waals surface area (Å²) in [6, 6.07) is -1.84. The molecule has 0 heterocycles. The number of nitrogens with zero attached hydrogens (tertiary/aromatic N) is 1. The molecule has 0 unspecified atom stereocenters. The van der Waals surface area contributed by atoms with Crippen LogP contribution in [-0.2, 0) is 9.59 Å². The van der Waals surface area contributed by atoms with Gasteiger partial charge in [-0.15, -0.1) is 0 Å². The van der Waals surface area contributed by atoms with Gasteiger partial charge in [-0.1, -0.05) is 0 Å². The molecule has 0 saturated heterocycles. The van der Waals surface area contributed by atoms with Gasteiger partial charge in [-0.2, -0.15) is 0 Å². The Labute approximate surface area is 111 Å². The van der Waals surface area contributed by atoms with Gasteiger partial charge in [0.05, 0.1) is 12.1 Å². The van der Waals surface area contributed by atoms with Crippen LogP contribution in [0.2, 0.25) is 0 Å². The van der Waals surface area contributed by atoms with Gasteiger partial charge in [-0.3, -0.25) is 4.79 Å². The summed E-state index contributed by atoms with van der Waals surface area (Å²) in [4.78, 5) is 34.6. The summed E-state index contributed by atoms with van der Waals surface area (Å²) in [6.07, 6.45) is -0.214. The number of carboxylic acids is 1. The van der Waals surface area contributed by atoms with Gasteiger partial charge in [0, 0.05) is 13.5 Å². The molecule has 0 fully saturated rings. The predicted octanol–water partition coefficient (Wildman–Crippen LogP) is -0.883. The molecular formula is C11H21N3O5. The molecule has 0 aromatic carbocycles. The number of hydrogen-bond donors (Lipinski definition) is 4. The van der Waals surface area contributed by atoms with Crippen molar-refractivity contribution in [1.82, 2.24) is 10.2 Å². The Morgan fingerprint density at radius 3 is 2.26 bits per heavy atom. The Bertz CT molecular complexity index is 356. The molecule has 0 bridgehead atoms. The van der Waals surface area contributed by atoms with Gasteiger partial charge in [0.2, 0.25) is 5.91 Å². The second kappa shape index (κ2) is 6.93. The molecule has 1 atom stereocenters. The fourth-order valence-corrected chi connectivity index (χ4v) is 1.17. The van der Waals surface area contributed by atoms with Crippen LogP contribution in [0.4, 0.5) is 4.79 Å². The van der Waals surface area contributed by atoms with Crippen LogP contribution in [-0.4, -0.2) is 58.3 Å². The number of aliphatic hydroxyl groups is 1. The van der Waals surface area contributed by atoms with Crippen LogP contribution < -0.4 is 11.1 Å². The zero-order valence-electron chi connectivity index (χ0n) is 11.3. The third kappa shape index (κ3) is 5.56. The van der Waals surface area contributed by atoms with Crippen LogP contribution in [0, 0.1) is 0 Å². The molecular weight excluding hydrogens is 254 g/mol. The van der Waals surface area contributed by atoms with Gasteiger partial charge in [0.15, 0.2) is 0 Å². The maximum atomic E-state index is 11.8. The highest BCUT2D eigenvalue weighted by atomic mass is 16.4. The molecule has 8 heteroatoms. The molecule has 0 aromatic heterocycles.